The number of amides is 2. The fraction of sp³-hybridized carbons (Fsp3) is 0.257. The van der Waals surface area contributed by atoms with Crippen LogP contribution in [0.4, 0.5) is 4.79 Å². The van der Waals surface area contributed by atoms with Crippen molar-refractivity contribution in [1.29, 1.82) is 0 Å². The molecule has 4 aromatic carbocycles. The van der Waals surface area contributed by atoms with Gasteiger partial charge in [0, 0.05) is 33.5 Å². The normalized spacial score (nSPS) is 19.4. The molecule has 0 aliphatic carbocycles. The first-order valence-electron chi connectivity index (χ1n) is 14.0. The Morgan fingerprint density at radius 2 is 1.29 bits per heavy atom. The van der Waals surface area contributed by atoms with Crippen LogP contribution in [0, 0.1) is 5.41 Å². The summed E-state index contributed by atoms with van der Waals surface area (Å²) in [4.78, 5) is 31.2. The van der Waals surface area contributed by atoms with Crippen molar-refractivity contribution >= 4 is 35.2 Å². The summed E-state index contributed by atoms with van der Waals surface area (Å²) in [6.07, 6.45) is -0.740. The summed E-state index contributed by atoms with van der Waals surface area (Å²) in [5.41, 5.74) is 1.12. The van der Waals surface area contributed by atoms with E-state index in [4.69, 9.17) is 23.2 Å². The van der Waals surface area contributed by atoms with Crippen LogP contribution in [0.1, 0.15) is 55.0 Å². The number of benzene rings is 4. The Kier molecular flexibility index (Phi) is 8.47. The summed E-state index contributed by atoms with van der Waals surface area (Å²) in [6.45, 7) is 6.38. The summed E-state index contributed by atoms with van der Waals surface area (Å²) in [5, 5.41) is 11.6. The summed E-state index contributed by atoms with van der Waals surface area (Å²) < 4.78 is 0. The second-order valence-corrected chi connectivity index (χ2v) is 12.5. The molecule has 1 aliphatic rings. The Morgan fingerprint density at radius 3 is 1.74 bits per heavy atom. The first-order valence-corrected chi connectivity index (χ1v) is 14.8. The molecule has 2 amide bonds. The topological polar surface area (TPSA) is 60.9 Å². The van der Waals surface area contributed by atoms with Gasteiger partial charge >= 0.3 is 6.09 Å². The van der Waals surface area contributed by atoms with Gasteiger partial charge in [-0.2, -0.15) is 0 Å². The van der Waals surface area contributed by atoms with E-state index < -0.39 is 35.0 Å². The highest BCUT2D eigenvalue weighted by molar-refractivity contribution is 6.36. The second-order valence-electron chi connectivity index (χ2n) is 11.7. The number of hydrogen-bond donors (Lipinski definition) is 1. The van der Waals surface area contributed by atoms with Gasteiger partial charge in [-0.25, -0.2) is 9.69 Å². The highest BCUT2D eigenvalue weighted by Gasteiger charge is 2.68. The molecular weight excluding hydrogens is 567 g/mol. The molecule has 1 N–H and O–H groups in total. The summed E-state index contributed by atoms with van der Waals surface area (Å²) >= 11 is 13.6. The third-order valence-electron chi connectivity index (χ3n) is 8.27. The Hall–Kier alpha value is -3.64. The van der Waals surface area contributed by atoms with Gasteiger partial charge in [0.25, 0.3) is 5.91 Å². The molecule has 4 aromatic rings. The van der Waals surface area contributed by atoms with E-state index in [1.807, 2.05) is 117 Å². The van der Waals surface area contributed by atoms with Gasteiger partial charge in [-0.15, -0.1) is 0 Å². The molecule has 1 saturated heterocycles. The molecule has 0 unspecified atom stereocenters. The zero-order chi connectivity index (χ0) is 30.1. The van der Waals surface area contributed by atoms with E-state index in [1.54, 1.807) is 18.2 Å². The van der Waals surface area contributed by atoms with Crippen LogP contribution in [-0.4, -0.2) is 39.1 Å². The minimum atomic E-state index is -1.37. The molecule has 5 nitrogen and oxygen atoms in total. The summed E-state index contributed by atoms with van der Waals surface area (Å²) in [7, 11) is 0. The van der Waals surface area contributed by atoms with Crippen LogP contribution < -0.4 is 0 Å². The average Bonchev–Trinajstić information content (AvgIpc) is 3.22. The minimum absolute atomic E-state index is 0.316. The highest BCUT2D eigenvalue weighted by Crippen LogP contribution is 2.59. The van der Waals surface area contributed by atoms with Crippen LogP contribution in [0.25, 0.3) is 0 Å². The predicted molar refractivity (Wildman–Crippen MR) is 168 cm³/mol. The molecule has 0 spiro atoms. The van der Waals surface area contributed by atoms with Gasteiger partial charge < -0.3 is 5.11 Å². The third-order valence-corrected chi connectivity index (χ3v) is 8.92. The van der Waals surface area contributed by atoms with Crippen molar-refractivity contribution in [3.63, 3.8) is 0 Å². The van der Waals surface area contributed by atoms with Crippen LogP contribution in [0.2, 0.25) is 10.0 Å². The van der Waals surface area contributed by atoms with Crippen LogP contribution in [0.5, 0.6) is 0 Å². The van der Waals surface area contributed by atoms with Gasteiger partial charge in [0.05, 0.1) is 0 Å². The van der Waals surface area contributed by atoms with Gasteiger partial charge in [-0.05, 0) is 35.2 Å². The van der Waals surface area contributed by atoms with E-state index in [0.29, 0.717) is 28.6 Å². The highest BCUT2D eigenvalue weighted by atomic mass is 35.5. The molecule has 1 aliphatic heterocycles. The lowest BCUT2D eigenvalue weighted by Gasteiger charge is -2.55. The maximum Gasteiger partial charge on any atom is 0.415 e. The number of carbonyl (C=O) groups is 2. The van der Waals surface area contributed by atoms with Crippen LogP contribution in [0.15, 0.2) is 109 Å². The van der Waals surface area contributed by atoms with Crippen LogP contribution in [-0.2, 0) is 11.2 Å². The largest absolute Gasteiger partial charge is 0.465 e. The number of imide groups is 1. The Labute approximate surface area is 257 Å². The maximum absolute atomic E-state index is 14.7. The van der Waals surface area contributed by atoms with E-state index in [1.165, 1.54) is 0 Å². The number of carbonyl (C=O) groups excluding carboxylic acids is 1. The smallest absolute Gasteiger partial charge is 0.415 e. The third kappa shape index (κ3) is 5.11. The van der Waals surface area contributed by atoms with Crippen molar-refractivity contribution in [2.75, 3.05) is 6.54 Å². The Morgan fingerprint density at radius 1 is 0.810 bits per heavy atom. The zero-order valence-corrected chi connectivity index (χ0v) is 25.4. The van der Waals surface area contributed by atoms with Crippen molar-refractivity contribution in [2.45, 2.75) is 44.8 Å². The lowest BCUT2D eigenvalue weighted by atomic mass is 9.66. The van der Waals surface area contributed by atoms with Crippen molar-refractivity contribution in [1.82, 2.24) is 9.80 Å². The van der Waals surface area contributed by atoms with Gasteiger partial charge in [0.1, 0.15) is 11.7 Å². The first kappa shape index (κ1) is 29.8. The van der Waals surface area contributed by atoms with Crippen molar-refractivity contribution in [3.05, 3.63) is 141 Å². The Bertz CT molecular complexity index is 1500. The van der Waals surface area contributed by atoms with Crippen molar-refractivity contribution < 1.29 is 14.7 Å². The number of nitrogens with zero attached hydrogens (tertiary/aromatic N) is 2. The van der Waals surface area contributed by atoms with Crippen LogP contribution in [0.3, 0.4) is 0 Å². The van der Waals surface area contributed by atoms with Crippen molar-refractivity contribution in [2.24, 2.45) is 5.41 Å². The molecular formula is C35H34Cl2N2O3. The monoisotopic (exact) mass is 600 g/mol. The molecule has 2 atom stereocenters. The molecule has 7 heteroatoms. The van der Waals surface area contributed by atoms with E-state index in [2.05, 4.69) is 0 Å². The second kappa shape index (κ2) is 11.9. The average molecular weight is 602 g/mol. The maximum atomic E-state index is 14.7. The number of rotatable bonds is 7. The van der Waals surface area contributed by atoms with Gasteiger partial charge in [0.15, 0.2) is 0 Å². The Balaban J connectivity index is 1.87. The standard InChI is InChI=1S/C35H34Cl2N2O3/c1-34(2,3)35(30(25-16-9-5-10-17-25)26-18-11-6-12-19-26)38(23-22-24-14-7-4-8-15-24)31(32(40)39(35)33(41)42)29-27(36)20-13-21-28(29)37/h4-21,30-31H,22-23H2,1-3H3,(H,41,42)/t31-,35+/m0/s1. The summed E-state index contributed by atoms with van der Waals surface area (Å²) in [6, 6.07) is 33.7. The van der Waals surface area contributed by atoms with E-state index in [-0.39, 0.29) is 0 Å². The molecule has 0 aromatic heterocycles. The van der Waals surface area contributed by atoms with Gasteiger partial charge in [-0.3, -0.25) is 9.69 Å². The van der Waals surface area contributed by atoms with E-state index in [9.17, 15) is 14.7 Å². The fourth-order valence-corrected chi connectivity index (χ4v) is 7.28. The first-order chi connectivity index (χ1) is 20.1. The van der Waals surface area contributed by atoms with Crippen LogP contribution >= 0.6 is 23.2 Å². The minimum Gasteiger partial charge on any atom is -0.465 e. The predicted octanol–water partition coefficient (Wildman–Crippen LogP) is 8.67. The molecule has 0 saturated carbocycles. The van der Waals surface area contributed by atoms with Gasteiger partial charge in [0.2, 0.25) is 0 Å². The molecule has 5 rings (SSSR count). The number of hydrogen-bond acceptors (Lipinski definition) is 3. The number of halogens is 2. The van der Waals surface area contributed by atoms with E-state index >= 15 is 0 Å². The van der Waals surface area contributed by atoms with Gasteiger partial charge in [-0.1, -0.05) is 141 Å². The molecule has 0 bridgehead atoms. The summed E-state index contributed by atoms with van der Waals surface area (Å²) in [5.74, 6) is -1.11. The van der Waals surface area contributed by atoms with E-state index in [0.717, 1.165) is 21.6 Å². The molecule has 42 heavy (non-hydrogen) atoms. The molecule has 0 radical (unpaired) electrons. The molecule has 216 valence electrons. The lowest BCUT2D eigenvalue weighted by Crippen LogP contribution is -2.67. The zero-order valence-electron chi connectivity index (χ0n) is 23.9. The van der Waals surface area contributed by atoms with Crippen molar-refractivity contribution in [3.8, 4) is 0 Å². The number of carboxylic acid groups (broad SMARTS) is 1. The molecule has 1 heterocycles. The quantitative estimate of drug-likeness (QED) is 0.230. The SMILES string of the molecule is CC(C)(C)[C@@]1(C(c2ccccc2)c2ccccc2)N(C(=O)O)C(=O)[C@H](c2c(Cl)cccc2Cl)N1CCc1ccccc1. The lowest BCUT2D eigenvalue weighted by molar-refractivity contribution is -0.134. The molecule has 1 fully saturated rings. The fourth-order valence-electron chi connectivity index (χ4n) is 6.68.